The molecule has 0 atom stereocenters. The molecule has 0 spiro atoms. The summed E-state index contributed by atoms with van der Waals surface area (Å²) in [6.07, 6.45) is 2.30. The maximum absolute atomic E-state index is 14.5. The summed E-state index contributed by atoms with van der Waals surface area (Å²) < 4.78 is 25.1. The Hall–Kier alpha value is -3.98. The lowest BCUT2D eigenvalue weighted by atomic mass is 10.2. The molecule has 0 aliphatic rings. The molecule has 0 aliphatic heterocycles. The van der Waals surface area contributed by atoms with Gasteiger partial charge in [0.05, 0.1) is 12.8 Å². The summed E-state index contributed by atoms with van der Waals surface area (Å²) in [6, 6.07) is 14.3. The number of benzene rings is 2. The van der Waals surface area contributed by atoms with Crippen LogP contribution < -0.4 is 20.3 Å². The van der Waals surface area contributed by atoms with Gasteiger partial charge in [-0.1, -0.05) is 12.6 Å². The number of ether oxygens (including phenoxy) is 2. The van der Waals surface area contributed by atoms with Crippen molar-refractivity contribution >= 4 is 34.7 Å². The van der Waals surface area contributed by atoms with Gasteiger partial charge in [-0.2, -0.15) is 4.98 Å². The average Bonchev–Trinajstić information content (AvgIpc) is 2.83. The van der Waals surface area contributed by atoms with E-state index in [0.717, 1.165) is 17.6 Å². The number of rotatable bonds is 11. The molecule has 9 heteroatoms. The number of hydrogen-bond acceptors (Lipinski definition) is 7. The SMILES string of the molecule is C=CC(=O)Nc1cccc(Nc2nc(N(CC)c3ccc(OCCOC)cc3)ncc2F)c1. The maximum Gasteiger partial charge on any atom is 0.247 e. The van der Waals surface area contributed by atoms with Gasteiger partial charge in [-0.3, -0.25) is 4.79 Å². The largest absolute Gasteiger partial charge is 0.491 e. The van der Waals surface area contributed by atoms with E-state index in [1.165, 1.54) is 6.08 Å². The van der Waals surface area contributed by atoms with E-state index in [1.54, 1.807) is 31.4 Å². The Morgan fingerprint density at radius 3 is 2.64 bits per heavy atom. The number of halogens is 1. The van der Waals surface area contributed by atoms with E-state index >= 15 is 0 Å². The standard InChI is InChI=1S/C24H26FN5O3/c1-4-22(31)27-17-7-6-8-18(15-17)28-23-21(25)16-26-24(29-23)30(5-2)19-9-11-20(12-10-19)33-14-13-32-3/h4,6-12,15-16H,1,5,13-14H2,2-3H3,(H,27,31)(H,26,28,29). The van der Waals surface area contributed by atoms with Gasteiger partial charge in [0.2, 0.25) is 11.9 Å². The number of nitrogens with one attached hydrogen (secondary N) is 2. The summed E-state index contributed by atoms with van der Waals surface area (Å²) in [4.78, 5) is 21.9. The lowest BCUT2D eigenvalue weighted by molar-refractivity contribution is -0.111. The first kappa shape index (κ1) is 23.7. The predicted molar refractivity (Wildman–Crippen MR) is 127 cm³/mol. The summed E-state index contributed by atoms with van der Waals surface area (Å²) in [5, 5.41) is 5.61. The predicted octanol–water partition coefficient (Wildman–Crippen LogP) is 4.67. The van der Waals surface area contributed by atoms with E-state index in [1.807, 2.05) is 36.1 Å². The van der Waals surface area contributed by atoms with Crippen LogP contribution in [0.1, 0.15) is 6.92 Å². The molecule has 0 bridgehead atoms. The van der Waals surface area contributed by atoms with Crippen LogP contribution in [0.4, 0.5) is 33.2 Å². The average molecular weight is 452 g/mol. The van der Waals surface area contributed by atoms with Crippen molar-refractivity contribution in [2.75, 3.05) is 42.4 Å². The van der Waals surface area contributed by atoms with Crippen LogP contribution >= 0.6 is 0 Å². The summed E-state index contributed by atoms with van der Waals surface area (Å²) in [6.45, 7) is 6.91. The third kappa shape index (κ3) is 6.50. The fourth-order valence-corrected chi connectivity index (χ4v) is 2.98. The first-order chi connectivity index (χ1) is 16.0. The molecule has 0 aliphatic carbocycles. The second kappa shape index (κ2) is 11.6. The molecule has 0 unspecified atom stereocenters. The number of amides is 1. The van der Waals surface area contributed by atoms with Crippen molar-refractivity contribution in [1.29, 1.82) is 0 Å². The van der Waals surface area contributed by atoms with Gasteiger partial charge >= 0.3 is 0 Å². The van der Waals surface area contributed by atoms with Crippen molar-refractivity contribution in [3.05, 3.63) is 73.2 Å². The van der Waals surface area contributed by atoms with Crippen molar-refractivity contribution < 1.29 is 18.7 Å². The van der Waals surface area contributed by atoms with Gasteiger partial charge < -0.3 is 25.0 Å². The lowest BCUT2D eigenvalue weighted by Gasteiger charge is -2.22. The molecule has 0 fully saturated rings. The van der Waals surface area contributed by atoms with Gasteiger partial charge in [0, 0.05) is 30.7 Å². The van der Waals surface area contributed by atoms with Crippen LogP contribution in [0.25, 0.3) is 0 Å². The van der Waals surface area contributed by atoms with Crippen LogP contribution in [0.3, 0.4) is 0 Å². The van der Waals surface area contributed by atoms with Crippen molar-refractivity contribution in [2.45, 2.75) is 6.92 Å². The van der Waals surface area contributed by atoms with E-state index < -0.39 is 5.82 Å². The van der Waals surface area contributed by atoms with Crippen molar-refractivity contribution in [3.8, 4) is 5.75 Å². The lowest BCUT2D eigenvalue weighted by Crippen LogP contribution is -2.19. The van der Waals surface area contributed by atoms with E-state index in [-0.39, 0.29) is 11.7 Å². The van der Waals surface area contributed by atoms with Gasteiger partial charge in [0.25, 0.3) is 0 Å². The smallest absolute Gasteiger partial charge is 0.247 e. The summed E-state index contributed by atoms with van der Waals surface area (Å²) in [5.41, 5.74) is 1.94. The van der Waals surface area contributed by atoms with Crippen LogP contribution in [0.2, 0.25) is 0 Å². The van der Waals surface area contributed by atoms with Gasteiger partial charge in [-0.05, 0) is 55.5 Å². The first-order valence-corrected chi connectivity index (χ1v) is 10.4. The molecule has 33 heavy (non-hydrogen) atoms. The Labute approximate surface area is 192 Å². The molecule has 8 nitrogen and oxygen atoms in total. The molecule has 0 radical (unpaired) electrons. The quantitative estimate of drug-likeness (QED) is 0.324. The normalized spacial score (nSPS) is 10.4. The summed E-state index contributed by atoms with van der Waals surface area (Å²) >= 11 is 0. The number of hydrogen-bond donors (Lipinski definition) is 2. The number of nitrogens with zero attached hydrogens (tertiary/aromatic N) is 3. The molecule has 1 amide bonds. The Bertz CT molecular complexity index is 1090. The molecule has 0 saturated carbocycles. The molecule has 172 valence electrons. The van der Waals surface area contributed by atoms with Gasteiger partial charge in [-0.15, -0.1) is 0 Å². The topological polar surface area (TPSA) is 88.6 Å². The van der Waals surface area contributed by atoms with Crippen molar-refractivity contribution in [3.63, 3.8) is 0 Å². The molecule has 0 saturated heterocycles. The molecule has 2 aromatic carbocycles. The molecule has 3 aromatic rings. The highest BCUT2D eigenvalue weighted by Gasteiger charge is 2.15. The third-order valence-corrected chi connectivity index (χ3v) is 4.57. The summed E-state index contributed by atoms with van der Waals surface area (Å²) in [7, 11) is 1.62. The van der Waals surface area contributed by atoms with E-state index in [9.17, 15) is 9.18 Å². The second-order valence-corrected chi connectivity index (χ2v) is 6.85. The van der Waals surface area contributed by atoms with Gasteiger partial charge in [0.15, 0.2) is 11.6 Å². The van der Waals surface area contributed by atoms with E-state index in [4.69, 9.17) is 9.47 Å². The highest BCUT2D eigenvalue weighted by molar-refractivity contribution is 5.99. The minimum atomic E-state index is -0.600. The number of anilines is 5. The summed E-state index contributed by atoms with van der Waals surface area (Å²) in [5.74, 6) is 0.141. The Morgan fingerprint density at radius 2 is 1.94 bits per heavy atom. The molecular weight excluding hydrogens is 425 g/mol. The van der Waals surface area contributed by atoms with Gasteiger partial charge in [-0.25, -0.2) is 9.37 Å². The zero-order valence-corrected chi connectivity index (χ0v) is 18.5. The van der Waals surface area contributed by atoms with Crippen LogP contribution in [-0.4, -0.2) is 42.7 Å². The van der Waals surface area contributed by atoms with Crippen LogP contribution in [-0.2, 0) is 9.53 Å². The molecule has 1 heterocycles. The third-order valence-electron chi connectivity index (χ3n) is 4.57. The first-order valence-electron chi connectivity index (χ1n) is 10.4. The maximum atomic E-state index is 14.5. The zero-order chi connectivity index (χ0) is 23.6. The Morgan fingerprint density at radius 1 is 1.18 bits per heavy atom. The second-order valence-electron chi connectivity index (χ2n) is 6.85. The number of carbonyl (C=O) groups excluding carboxylic acids is 1. The van der Waals surface area contributed by atoms with Crippen LogP contribution in [0.15, 0.2) is 67.4 Å². The van der Waals surface area contributed by atoms with Gasteiger partial charge in [0.1, 0.15) is 12.4 Å². The molecule has 3 rings (SSSR count). The number of aromatic nitrogens is 2. The number of methoxy groups -OCH3 is 1. The highest BCUT2D eigenvalue weighted by Crippen LogP contribution is 2.27. The van der Waals surface area contributed by atoms with Crippen LogP contribution in [0.5, 0.6) is 5.75 Å². The Balaban J connectivity index is 1.79. The highest BCUT2D eigenvalue weighted by atomic mass is 19.1. The minimum Gasteiger partial charge on any atom is -0.491 e. The Kier molecular flexibility index (Phi) is 8.31. The van der Waals surface area contributed by atoms with Crippen LogP contribution in [0, 0.1) is 5.82 Å². The van der Waals surface area contributed by atoms with Crippen molar-refractivity contribution in [2.24, 2.45) is 0 Å². The number of carbonyl (C=O) groups is 1. The molecular formula is C24H26FN5O3. The molecule has 1 aromatic heterocycles. The minimum absolute atomic E-state index is 0.0187. The molecule has 2 N–H and O–H groups in total. The van der Waals surface area contributed by atoms with E-state index in [2.05, 4.69) is 27.2 Å². The monoisotopic (exact) mass is 451 g/mol. The fourth-order valence-electron chi connectivity index (χ4n) is 2.98. The van der Waals surface area contributed by atoms with E-state index in [0.29, 0.717) is 37.1 Å². The fraction of sp³-hybridized carbons (Fsp3) is 0.208. The van der Waals surface area contributed by atoms with Crippen molar-refractivity contribution in [1.82, 2.24) is 9.97 Å². The zero-order valence-electron chi connectivity index (χ0n) is 18.5.